The molecule has 35 heavy (non-hydrogen) atoms. The van der Waals surface area contributed by atoms with E-state index in [1.807, 2.05) is 48.5 Å². The number of nitrogens with zero attached hydrogens (tertiary/aromatic N) is 2. The highest BCUT2D eigenvalue weighted by molar-refractivity contribution is 8.00. The molecule has 3 aromatic carbocycles. The number of pyridine rings is 1. The number of anilines is 1. The van der Waals surface area contributed by atoms with Gasteiger partial charge in [0.2, 0.25) is 5.91 Å². The van der Waals surface area contributed by atoms with Gasteiger partial charge in [-0.2, -0.15) is 5.26 Å². The second-order valence-electron chi connectivity index (χ2n) is 7.40. The van der Waals surface area contributed by atoms with Crippen molar-refractivity contribution < 1.29 is 9.53 Å². The summed E-state index contributed by atoms with van der Waals surface area (Å²) in [6.07, 6.45) is 0. The average Bonchev–Trinajstić information content (AvgIpc) is 2.88. The number of methoxy groups -OCH3 is 1. The van der Waals surface area contributed by atoms with Crippen molar-refractivity contribution in [3.63, 3.8) is 0 Å². The number of aromatic nitrogens is 1. The number of nitriles is 1. The molecule has 0 bridgehead atoms. The molecule has 0 radical (unpaired) electrons. The third-order valence-electron chi connectivity index (χ3n) is 5.10. The first-order valence-corrected chi connectivity index (χ1v) is 12.3. The van der Waals surface area contributed by atoms with Crippen LogP contribution in [-0.4, -0.2) is 23.8 Å². The molecule has 4 aromatic rings. The molecule has 174 valence electrons. The molecule has 1 heterocycles. The van der Waals surface area contributed by atoms with Crippen molar-refractivity contribution in [3.05, 3.63) is 94.5 Å². The van der Waals surface area contributed by atoms with Crippen LogP contribution in [0.15, 0.2) is 83.9 Å². The summed E-state index contributed by atoms with van der Waals surface area (Å²) in [5, 5.41) is 14.4. The van der Waals surface area contributed by atoms with Gasteiger partial charge in [-0.15, -0.1) is 0 Å². The summed E-state index contributed by atoms with van der Waals surface area (Å²) in [6, 6.07) is 26.1. The number of benzene rings is 3. The van der Waals surface area contributed by atoms with Crippen LogP contribution in [0.5, 0.6) is 5.75 Å². The molecule has 0 aliphatic carbocycles. The molecule has 0 aliphatic heterocycles. The smallest absolute Gasteiger partial charge is 0.234 e. The Morgan fingerprint density at radius 1 is 1.00 bits per heavy atom. The Morgan fingerprint density at radius 2 is 1.71 bits per heavy atom. The monoisotopic (exact) mass is 519 g/mol. The Balaban J connectivity index is 1.67. The lowest BCUT2D eigenvalue weighted by Crippen LogP contribution is -2.15. The number of amides is 1. The van der Waals surface area contributed by atoms with Crippen molar-refractivity contribution in [2.75, 3.05) is 18.2 Å². The van der Waals surface area contributed by atoms with E-state index >= 15 is 0 Å². The second kappa shape index (κ2) is 11.3. The van der Waals surface area contributed by atoms with Crippen molar-refractivity contribution in [2.45, 2.75) is 5.03 Å². The van der Waals surface area contributed by atoms with E-state index in [2.05, 4.69) is 11.4 Å². The molecule has 1 aromatic heterocycles. The van der Waals surface area contributed by atoms with E-state index in [4.69, 9.17) is 32.9 Å². The van der Waals surface area contributed by atoms with E-state index in [1.54, 1.807) is 30.3 Å². The zero-order valence-corrected chi connectivity index (χ0v) is 20.9. The van der Waals surface area contributed by atoms with Crippen LogP contribution in [-0.2, 0) is 4.79 Å². The lowest BCUT2D eigenvalue weighted by molar-refractivity contribution is -0.113. The lowest BCUT2D eigenvalue weighted by Gasteiger charge is -2.13. The molecule has 0 saturated carbocycles. The molecule has 0 saturated heterocycles. The van der Waals surface area contributed by atoms with Gasteiger partial charge in [0.25, 0.3) is 0 Å². The summed E-state index contributed by atoms with van der Waals surface area (Å²) >= 11 is 13.3. The van der Waals surface area contributed by atoms with Crippen molar-refractivity contribution >= 4 is 46.6 Å². The number of nitrogens with one attached hydrogen (secondary N) is 1. The van der Waals surface area contributed by atoms with Crippen molar-refractivity contribution in [2.24, 2.45) is 0 Å². The van der Waals surface area contributed by atoms with E-state index in [0.717, 1.165) is 16.7 Å². The predicted molar refractivity (Wildman–Crippen MR) is 142 cm³/mol. The van der Waals surface area contributed by atoms with Crippen LogP contribution in [0.2, 0.25) is 10.0 Å². The number of carbonyl (C=O) groups excluding carboxylic acids is 1. The first-order chi connectivity index (χ1) is 17.0. The maximum atomic E-state index is 12.8. The highest BCUT2D eigenvalue weighted by atomic mass is 35.5. The van der Waals surface area contributed by atoms with Gasteiger partial charge in [0, 0.05) is 21.2 Å². The van der Waals surface area contributed by atoms with Crippen molar-refractivity contribution in [3.8, 4) is 34.2 Å². The number of hydrogen-bond acceptors (Lipinski definition) is 5. The fourth-order valence-electron chi connectivity index (χ4n) is 3.45. The number of rotatable bonds is 7. The third-order valence-corrected chi connectivity index (χ3v) is 6.56. The molecular formula is C27H19Cl2N3O2S. The molecular weight excluding hydrogens is 501 g/mol. The predicted octanol–water partition coefficient (Wildman–Crippen LogP) is 7.33. The molecule has 0 unspecified atom stereocenters. The highest BCUT2D eigenvalue weighted by Crippen LogP contribution is 2.35. The Bertz CT molecular complexity index is 1400. The molecule has 1 amide bonds. The zero-order valence-electron chi connectivity index (χ0n) is 18.6. The Kier molecular flexibility index (Phi) is 7.94. The topological polar surface area (TPSA) is 75.0 Å². The van der Waals surface area contributed by atoms with Crippen LogP contribution in [0.25, 0.3) is 22.4 Å². The average molecular weight is 520 g/mol. The molecule has 5 nitrogen and oxygen atoms in total. The fraction of sp³-hybridized carbons (Fsp3) is 0.0741. The second-order valence-corrected chi connectivity index (χ2v) is 9.24. The van der Waals surface area contributed by atoms with Crippen LogP contribution in [0.4, 0.5) is 5.69 Å². The summed E-state index contributed by atoms with van der Waals surface area (Å²) in [5.74, 6) is 0.259. The quantitative estimate of drug-likeness (QED) is 0.258. The summed E-state index contributed by atoms with van der Waals surface area (Å²) in [4.78, 5) is 17.5. The van der Waals surface area contributed by atoms with E-state index in [0.29, 0.717) is 37.8 Å². The van der Waals surface area contributed by atoms with Gasteiger partial charge < -0.3 is 10.1 Å². The van der Waals surface area contributed by atoms with Gasteiger partial charge in [0.1, 0.15) is 16.8 Å². The van der Waals surface area contributed by atoms with Gasteiger partial charge in [0.15, 0.2) is 0 Å². The van der Waals surface area contributed by atoms with Crippen molar-refractivity contribution in [1.29, 1.82) is 5.26 Å². The van der Waals surface area contributed by atoms with E-state index in [-0.39, 0.29) is 11.7 Å². The Hall–Kier alpha value is -3.50. The minimum absolute atomic E-state index is 0.0373. The van der Waals surface area contributed by atoms with Crippen molar-refractivity contribution in [1.82, 2.24) is 4.98 Å². The molecule has 1 N–H and O–H groups in total. The number of halogens is 2. The number of carbonyl (C=O) groups is 1. The number of ether oxygens (including phenoxy) is 1. The Morgan fingerprint density at radius 3 is 2.40 bits per heavy atom. The van der Waals surface area contributed by atoms with Gasteiger partial charge in [-0.3, -0.25) is 4.79 Å². The molecule has 4 rings (SSSR count). The Labute approximate surface area is 217 Å². The molecule has 0 atom stereocenters. The van der Waals surface area contributed by atoms with Gasteiger partial charge in [-0.05, 0) is 42.0 Å². The van der Waals surface area contributed by atoms with Crippen LogP contribution < -0.4 is 10.1 Å². The minimum Gasteiger partial charge on any atom is -0.495 e. The maximum Gasteiger partial charge on any atom is 0.234 e. The molecule has 0 aliphatic rings. The first kappa shape index (κ1) is 24.6. The SMILES string of the molecule is COc1ccc(Cl)cc1NC(=O)CSc1nc(-c2ccc(Cl)cc2)cc(-c2ccccc2)c1C#N. The van der Waals surface area contributed by atoms with Gasteiger partial charge in [0.05, 0.1) is 29.8 Å². The van der Waals surface area contributed by atoms with Crippen LogP contribution in [0.1, 0.15) is 5.56 Å². The highest BCUT2D eigenvalue weighted by Gasteiger charge is 2.17. The van der Waals surface area contributed by atoms with Gasteiger partial charge in [-0.25, -0.2) is 4.98 Å². The van der Waals surface area contributed by atoms with Crippen LogP contribution >= 0.6 is 35.0 Å². The lowest BCUT2D eigenvalue weighted by atomic mass is 9.99. The summed E-state index contributed by atoms with van der Waals surface area (Å²) in [7, 11) is 1.52. The molecule has 0 spiro atoms. The van der Waals surface area contributed by atoms with Gasteiger partial charge >= 0.3 is 0 Å². The van der Waals surface area contributed by atoms with E-state index in [9.17, 15) is 10.1 Å². The van der Waals surface area contributed by atoms with E-state index in [1.165, 1.54) is 18.9 Å². The summed E-state index contributed by atoms with van der Waals surface area (Å²) in [6.45, 7) is 0. The van der Waals surface area contributed by atoms with E-state index < -0.39 is 0 Å². The maximum absolute atomic E-state index is 12.8. The fourth-order valence-corrected chi connectivity index (χ4v) is 4.55. The first-order valence-electron chi connectivity index (χ1n) is 10.5. The molecule has 8 heteroatoms. The zero-order chi connectivity index (χ0) is 24.8. The van der Waals surface area contributed by atoms with Gasteiger partial charge in [-0.1, -0.05) is 77.4 Å². The number of thioether (sulfide) groups is 1. The minimum atomic E-state index is -0.278. The normalized spacial score (nSPS) is 10.5. The van der Waals surface area contributed by atoms with Crippen LogP contribution in [0.3, 0.4) is 0 Å². The third kappa shape index (κ3) is 5.95. The number of hydrogen-bond donors (Lipinski definition) is 1. The summed E-state index contributed by atoms with van der Waals surface area (Å²) in [5.41, 5.74) is 4.04. The van der Waals surface area contributed by atoms with Crippen LogP contribution in [0, 0.1) is 11.3 Å². The summed E-state index contributed by atoms with van der Waals surface area (Å²) < 4.78 is 5.29. The molecule has 0 fully saturated rings. The standard InChI is InChI=1S/C27H19Cl2N3O2S/c1-34-25-12-11-20(29)13-24(25)31-26(33)16-35-27-22(15-30)21(17-5-3-2-4-6-17)14-23(32-27)18-7-9-19(28)10-8-18/h2-14H,16H2,1H3,(H,31,33). The largest absolute Gasteiger partial charge is 0.495 e.